The van der Waals surface area contributed by atoms with Crippen LogP contribution in [-0.2, 0) is 20.9 Å². The Kier molecular flexibility index (Phi) is 7.82. The Bertz CT molecular complexity index is 1660. The number of ether oxygens (including phenoxy) is 1. The van der Waals surface area contributed by atoms with Gasteiger partial charge in [-0.2, -0.15) is 0 Å². The van der Waals surface area contributed by atoms with Crippen LogP contribution in [0.3, 0.4) is 0 Å². The summed E-state index contributed by atoms with van der Waals surface area (Å²) < 4.78 is 7.47. The molecule has 0 bridgehead atoms. The van der Waals surface area contributed by atoms with Gasteiger partial charge in [0.2, 0.25) is 5.91 Å². The van der Waals surface area contributed by atoms with E-state index in [1.165, 1.54) is 0 Å². The van der Waals surface area contributed by atoms with E-state index in [1.54, 1.807) is 6.08 Å². The molecule has 0 unspecified atom stereocenters. The van der Waals surface area contributed by atoms with Crippen molar-refractivity contribution in [2.45, 2.75) is 6.54 Å². The summed E-state index contributed by atoms with van der Waals surface area (Å²) in [4.78, 5) is 42.2. The molecule has 6 rings (SSSR count). The number of para-hydroxylation sites is 1. The van der Waals surface area contributed by atoms with Crippen molar-refractivity contribution < 1.29 is 19.1 Å². The third-order valence-electron chi connectivity index (χ3n) is 7.11. The highest BCUT2D eigenvalue weighted by molar-refractivity contribution is 8.18. The Labute approximate surface area is 246 Å². The van der Waals surface area contributed by atoms with Crippen molar-refractivity contribution in [2.24, 2.45) is 0 Å². The smallest absolute Gasteiger partial charge is 0.294 e. The molecule has 2 saturated heterocycles. The molecule has 0 spiro atoms. The van der Waals surface area contributed by atoms with Crippen LogP contribution >= 0.6 is 23.4 Å². The maximum absolute atomic E-state index is 13.2. The van der Waals surface area contributed by atoms with Crippen LogP contribution in [0.25, 0.3) is 17.0 Å². The van der Waals surface area contributed by atoms with Gasteiger partial charge >= 0.3 is 0 Å². The number of carbonyl (C=O) groups is 3. The number of rotatable bonds is 7. The van der Waals surface area contributed by atoms with Crippen molar-refractivity contribution in [1.29, 1.82) is 0 Å². The second kappa shape index (κ2) is 11.8. The van der Waals surface area contributed by atoms with E-state index in [4.69, 9.17) is 16.3 Å². The third-order valence-corrected chi connectivity index (χ3v) is 8.38. The van der Waals surface area contributed by atoms with Gasteiger partial charge in [0.1, 0.15) is 6.54 Å². The van der Waals surface area contributed by atoms with E-state index >= 15 is 0 Å². The van der Waals surface area contributed by atoms with Gasteiger partial charge in [-0.25, -0.2) is 0 Å². The maximum atomic E-state index is 13.2. The lowest BCUT2D eigenvalue weighted by Crippen LogP contribution is -2.36. The van der Waals surface area contributed by atoms with Gasteiger partial charge in [0.25, 0.3) is 11.1 Å². The summed E-state index contributed by atoms with van der Waals surface area (Å²) >= 11 is 7.24. The van der Waals surface area contributed by atoms with Gasteiger partial charge < -0.3 is 19.5 Å². The number of nitrogens with zero attached hydrogens (tertiary/aromatic N) is 3. The SMILES string of the molecule is O=C(CN1C(=O)SC(=Cc2cn(Cc3ccccc3Cl)c3ccccc23)C1=O)Nc1ccc(N2CCOCC2)cc1. The molecular weight excluding hydrogens is 560 g/mol. The number of anilines is 2. The summed E-state index contributed by atoms with van der Waals surface area (Å²) in [5.41, 5.74) is 4.42. The standard InChI is InChI=1S/C31H27ClN4O4S/c32-26-7-3-1-5-21(26)18-35-19-22(25-6-2-4-8-27(25)35)17-28-30(38)36(31(39)41-28)20-29(37)33-23-9-11-24(12-10-23)34-13-15-40-16-14-34/h1-12,17,19H,13-16,18,20H2,(H,33,37). The summed E-state index contributed by atoms with van der Waals surface area (Å²) in [7, 11) is 0. The van der Waals surface area contributed by atoms with Crippen LogP contribution < -0.4 is 10.2 Å². The van der Waals surface area contributed by atoms with Crippen molar-refractivity contribution in [3.8, 4) is 0 Å². The number of imide groups is 1. The van der Waals surface area contributed by atoms with Crippen molar-refractivity contribution >= 4 is 68.8 Å². The quantitative estimate of drug-likeness (QED) is 0.273. The van der Waals surface area contributed by atoms with Gasteiger partial charge in [0.05, 0.1) is 18.1 Å². The van der Waals surface area contributed by atoms with E-state index < -0.39 is 17.1 Å². The zero-order valence-corrected chi connectivity index (χ0v) is 23.7. The van der Waals surface area contributed by atoms with Crippen molar-refractivity contribution in [3.63, 3.8) is 0 Å². The minimum atomic E-state index is -0.485. The Morgan fingerprint density at radius 2 is 1.71 bits per heavy atom. The first-order chi connectivity index (χ1) is 20.0. The van der Waals surface area contributed by atoms with Crippen LogP contribution in [-0.4, -0.2) is 59.4 Å². The number of amides is 3. The molecule has 2 fully saturated rings. The van der Waals surface area contributed by atoms with Crippen molar-refractivity contribution in [3.05, 3.63) is 100 Å². The number of aromatic nitrogens is 1. The number of hydrogen-bond acceptors (Lipinski definition) is 6. The van der Waals surface area contributed by atoms with E-state index in [0.29, 0.717) is 30.5 Å². The number of fused-ring (bicyclic) bond motifs is 1. The second-order valence-corrected chi connectivity index (χ2v) is 11.2. The largest absolute Gasteiger partial charge is 0.378 e. The first-order valence-electron chi connectivity index (χ1n) is 13.3. The highest BCUT2D eigenvalue weighted by Crippen LogP contribution is 2.34. The van der Waals surface area contributed by atoms with Crippen molar-refractivity contribution in [2.75, 3.05) is 43.1 Å². The second-order valence-electron chi connectivity index (χ2n) is 9.78. The van der Waals surface area contributed by atoms with Crippen LogP contribution in [0.5, 0.6) is 0 Å². The molecular formula is C31H27ClN4O4S. The number of thioether (sulfide) groups is 1. The minimum absolute atomic E-state index is 0.276. The molecule has 208 valence electrons. The topological polar surface area (TPSA) is 83.9 Å². The monoisotopic (exact) mass is 586 g/mol. The lowest BCUT2D eigenvalue weighted by atomic mass is 10.1. The highest BCUT2D eigenvalue weighted by Gasteiger charge is 2.36. The van der Waals surface area contributed by atoms with E-state index in [1.807, 2.05) is 79.0 Å². The maximum Gasteiger partial charge on any atom is 0.294 e. The van der Waals surface area contributed by atoms with Gasteiger partial charge in [-0.15, -0.1) is 0 Å². The molecule has 3 amide bonds. The number of morpholine rings is 1. The average molecular weight is 587 g/mol. The molecule has 3 aromatic carbocycles. The summed E-state index contributed by atoms with van der Waals surface area (Å²) in [6.07, 6.45) is 3.67. The van der Waals surface area contributed by atoms with Crippen LogP contribution in [0, 0.1) is 0 Å². The Morgan fingerprint density at radius 1 is 0.976 bits per heavy atom. The normalized spacial score (nSPS) is 16.7. The molecule has 0 radical (unpaired) electrons. The minimum Gasteiger partial charge on any atom is -0.378 e. The van der Waals surface area contributed by atoms with Crippen LogP contribution in [0.15, 0.2) is 83.9 Å². The molecule has 1 N–H and O–H groups in total. The molecule has 3 heterocycles. The van der Waals surface area contributed by atoms with Gasteiger partial charge in [-0.1, -0.05) is 48.0 Å². The third kappa shape index (κ3) is 5.88. The average Bonchev–Trinajstić information content (AvgIpc) is 3.46. The predicted octanol–water partition coefficient (Wildman–Crippen LogP) is 5.85. The molecule has 4 aromatic rings. The molecule has 2 aliphatic rings. The van der Waals surface area contributed by atoms with E-state index in [2.05, 4.69) is 14.8 Å². The number of carbonyl (C=O) groups excluding carboxylic acids is 3. The molecule has 10 heteroatoms. The fourth-order valence-corrected chi connectivity index (χ4v) is 6.05. The summed E-state index contributed by atoms with van der Waals surface area (Å²) in [6, 6.07) is 23.0. The Morgan fingerprint density at radius 3 is 2.49 bits per heavy atom. The lowest BCUT2D eigenvalue weighted by molar-refractivity contribution is -0.127. The lowest BCUT2D eigenvalue weighted by Gasteiger charge is -2.28. The fourth-order valence-electron chi connectivity index (χ4n) is 5.03. The van der Waals surface area contributed by atoms with E-state index in [0.717, 1.165) is 57.5 Å². The van der Waals surface area contributed by atoms with Gasteiger partial charge in [-0.3, -0.25) is 19.3 Å². The van der Waals surface area contributed by atoms with Crippen molar-refractivity contribution in [1.82, 2.24) is 9.47 Å². The molecule has 2 aliphatic heterocycles. The first kappa shape index (κ1) is 27.1. The van der Waals surface area contributed by atoms with E-state index in [9.17, 15) is 14.4 Å². The van der Waals surface area contributed by atoms with Crippen LogP contribution in [0.2, 0.25) is 5.02 Å². The number of hydrogen-bond donors (Lipinski definition) is 1. The van der Waals surface area contributed by atoms with E-state index in [-0.39, 0.29) is 11.4 Å². The molecule has 0 aliphatic carbocycles. The van der Waals surface area contributed by atoms with Crippen LogP contribution in [0.1, 0.15) is 11.1 Å². The number of nitrogens with one attached hydrogen (secondary N) is 1. The molecule has 0 atom stereocenters. The first-order valence-corrected chi connectivity index (χ1v) is 14.4. The zero-order valence-electron chi connectivity index (χ0n) is 22.1. The molecule has 8 nitrogen and oxygen atoms in total. The molecule has 1 aromatic heterocycles. The molecule has 41 heavy (non-hydrogen) atoms. The summed E-state index contributed by atoms with van der Waals surface area (Å²) in [6.45, 7) is 3.22. The van der Waals surface area contributed by atoms with Gasteiger partial charge in [0.15, 0.2) is 0 Å². The molecule has 0 saturated carbocycles. The highest BCUT2D eigenvalue weighted by atomic mass is 35.5. The number of benzene rings is 3. The van der Waals surface area contributed by atoms with Gasteiger partial charge in [0, 0.05) is 58.7 Å². The Hall–Kier alpha value is -4.05. The van der Waals surface area contributed by atoms with Gasteiger partial charge in [-0.05, 0) is 59.8 Å². The number of halogens is 1. The summed E-state index contributed by atoms with van der Waals surface area (Å²) in [5.74, 6) is -0.926. The Balaban J connectivity index is 1.15. The zero-order chi connectivity index (χ0) is 28.3. The van der Waals surface area contributed by atoms with Crippen LogP contribution in [0.4, 0.5) is 16.2 Å². The fraction of sp³-hybridized carbons (Fsp3) is 0.194. The summed E-state index contributed by atoms with van der Waals surface area (Å²) in [5, 5.41) is 3.94. The predicted molar refractivity (Wildman–Crippen MR) is 163 cm³/mol.